The molecule has 0 saturated carbocycles. The molecule has 0 saturated heterocycles. The van der Waals surface area contributed by atoms with Crippen molar-refractivity contribution >= 4 is 38.7 Å². The number of fused-ring (bicyclic) bond motifs is 1. The van der Waals surface area contributed by atoms with E-state index in [0.717, 1.165) is 15.5 Å². The Morgan fingerprint density at radius 2 is 2.33 bits per heavy atom. The summed E-state index contributed by atoms with van der Waals surface area (Å²) < 4.78 is 1.11. The van der Waals surface area contributed by atoms with E-state index in [2.05, 4.69) is 25.9 Å². The van der Waals surface area contributed by atoms with E-state index < -0.39 is 0 Å². The third-order valence-corrected chi connectivity index (χ3v) is 3.45. The zero-order valence-electron chi connectivity index (χ0n) is 6.47. The van der Waals surface area contributed by atoms with Crippen molar-refractivity contribution in [3.63, 3.8) is 0 Å². The van der Waals surface area contributed by atoms with Crippen LogP contribution in [-0.4, -0.2) is 16.2 Å². The number of halogens is 1. The van der Waals surface area contributed by atoms with Crippen LogP contribution >= 0.6 is 27.7 Å². The second-order valence-corrected chi connectivity index (χ2v) is 4.05. The fourth-order valence-electron chi connectivity index (χ4n) is 1.15. The lowest BCUT2D eigenvalue weighted by Gasteiger charge is -1.99. The molecule has 1 aromatic heterocycles. The van der Waals surface area contributed by atoms with Crippen LogP contribution in [0.3, 0.4) is 0 Å². The van der Waals surface area contributed by atoms with Crippen LogP contribution in [0.1, 0.15) is 0 Å². The summed E-state index contributed by atoms with van der Waals surface area (Å²) in [5.41, 5.74) is 2.12. The van der Waals surface area contributed by atoms with Gasteiger partial charge in [-0.1, -0.05) is 0 Å². The molecule has 2 aromatic rings. The molecule has 0 unspecified atom stereocenters. The number of benzene rings is 1. The molecule has 0 atom stereocenters. The van der Waals surface area contributed by atoms with Crippen LogP contribution in [0, 0.1) is 0 Å². The van der Waals surface area contributed by atoms with Crippen molar-refractivity contribution in [2.45, 2.75) is 4.90 Å². The molecular weight excluding hydrogens is 236 g/mol. The lowest BCUT2D eigenvalue weighted by atomic mass is 10.3. The first kappa shape index (κ1) is 8.13. The summed E-state index contributed by atoms with van der Waals surface area (Å²) in [5.74, 6) is 0. The second-order valence-electron chi connectivity index (χ2n) is 2.38. The first-order chi connectivity index (χ1) is 5.83. The molecule has 1 aromatic carbocycles. The van der Waals surface area contributed by atoms with E-state index in [4.69, 9.17) is 0 Å². The summed E-state index contributed by atoms with van der Waals surface area (Å²) in [6.45, 7) is 0. The third-order valence-electron chi connectivity index (χ3n) is 1.70. The van der Waals surface area contributed by atoms with Crippen LogP contribution in [0.25, 0.3) is 11.0 Å². The summed E-state index contributed by atoms with van der Waals surface area (Å²) in [6, 6.07) is 4.05. The van der Waals surface area contributed by atoms with Gasteiger partial charge in [0.25, 0.3) is 0 Å². The molecular formula is C8H7BrN2S. The Bertz CT molecular complexity index is 410. The molecule has 0 fully saturated rings. The van der Waals surface area contributed by atoms with Crippen LogP contribution in [0.4, 0.5) is 0 Å². The maximum absolute atomic E-state index is 4.24. The predicted molar refractivity (Wildman–Crippen MR) is 55.6 cm³/mol. The molecule has 0 radical (unpaired) electrons. The molecule has 0 amide bonds. The highest BCUT2D eigenvalue weighted by Gasteiger charge is 2.05. The van der Waals surface area contributed by atoms with E-state index in [-0.39, 0.29) is 0 Å². The van der Waals surface area contributed by atoms with E-state index in [1.807, 2.05) is 18.4 Å². The molecule has 2 rings (SSSR count). The predicted octanol–water partition coefficient (Wildman–Crippen LogP) is 3.05. The third kappa shape index (κ3) is 1.15. The van der Waals surface area contributed by atoms with Crippen molar-refractivity contribution < 1.29 is 0 Å². The summed E-state index contributed by atoms with van der Waals surface area (Å²) in [7, 11) is 0. The Morgan fingerprint density at radius 3 is 3.08 bits per heavy atom. The van der Waals surface area contributed by atoms with Crippen molar-refractivity contribution in [1.29, 1.82) is 0 Å². The minimum Gasteiger partial charge on any atom is -0.345 e. The lowest BCUT2D eigenvalue weighted by Crippen LogP contribution is -1.77. The van der Waals surface area contributed by atoms with Gasteiger partial charge in [-0.15, -0.1) is 11.8 Å². The van der Waals surface area contributed by atoms with Crippen LogP contribution in [0.15, 0.2) is 27.8 Å². The Hall–Kier alpha value is -0.480. The number of thioether (sulfide) groups is 1. The number of hydrogen-bond acceptors (Lipinski definition) is 2. The monoisotopic (exact) mass is 242 g/mol. The van der Waals surface area contributed by atoms with Gasteiger partial charge in [0.05, 0.1) is 11.8 Å². The van der Waals surface area contributed by atoms with Gasteiger partial charge in [-0.05, 0) is 34.3 Å². The fourth-order valence-corrected chi connectivity index (χ4v) is 2.58. The van der Waals surface area contributed by atoms with Crippen molar-refractivity contribution in [3.8, 4) is 0 Å². The largest absolute Gasteiger partial charge is 0.345 e. The Kier molecular flexibility index (Phi) is 2.11. The van der Waals surface area contributed by atoms with Gasteiger partial charge in [0.1, 0.15) is 5.52 Å². The van der Waals surface area contributed by atoms with Crippen LogP contribution in [-0.2, 0) is 0 Å². The normalized spacial score (nSPS) is 10.8. The first-order valence-electron chi connectivity index (χ1n) is 3.48. The highest BCUT2D eigenvalue weighted by Crippen LogP contribution is 2.31. The number of aromatic amines is 1. The van der Waals surface area contributed by atoms with Gasteiger partial charge in [-0.2, -0.15) is 0 Å². The molecule has 4 heteroatoms. The second kappa shape index (κ2) is 3.11. The molecule has 0 bridgehead atoms. The highest BCUT2D eigenvalue weighted by molar-refractivity contribution is 9.10. The Labute approximate surface area is 82.9 Å². The number of H-pyrrole nitrogens is 1. The molecule has 0 aliphatic rings. The summed E-state index contributed by atoms with van der Waals surface area (Å²) >= 11 is 5.19. The zero-order valence-corrected chi connectivity index (χ0v) is 8.87. The topological polar surface area (TPSA) is 28.7 Å². The standard InChI is InChI=1S/C8H7BrN2S/c1-12-8-5(9)2-3-6-7(8)11-4-10-6/h2-4H,1H3,(H,10,11). The molecule has 0 aliphatic carbocycles. The van der Waals surface area contributed by atoms with Gasteiger partial charge in [0, 0.05) is 9.37 Å². The molecule has 0 spiro atoms. The van der Waals surface area contributed by atoms with Gasteiger partial charge in [0.15, 0.2) is 0 Å². The summed E-state index contributed by atoms with van der Waals surface area (Å²) in [4.78, 5) is 8.51. The van der Waals surface area contributed by atoms with Gasteiger partial charge in [-0.3, -0.25) is 0 Å². The maximum Gasteiger partial charge on any atom is 0.103 e. The molecule has 0 aliphatic heterocycles. The minimum atomic E-state index is 1.04. The summed E-state index contributed by atoms with van der Waals surface area (Å²) in [5, 5.41) is 0. The van der Waals surface area contributed by atoms with Crippen molar-refractivity contribution in [1.82, 2.24) is 9.97 Å². The van der Waals surface area contributed by atoms with Crippen LogP contribution < -0.4 is 0 Å². The Morgan fingerprint density at radius 1 is 1.50 bits per heavy atom. The van der Waals surface area contributed by atoms with Gasteiger partial charge in [-0.25, -0.2) is 4.98 Å². The van der Waals surface area contributed by atoms with E-state index >= 15 is 0 Å². The van der Waals surface area contributed by atoms with Crippen molar-refractivity contribution in [3.05, 3.63) is 22.9 Å². The van der Waals surface area contributed by atoms with Crippen molar-refractivity contribution in [2.24, 2.45) is 0 Å². The molecule has 2 nitrogen and oxygen atoms in total. The smallest absolute Gasteiger partial charge is 0.103 e. The Balaban J connectivity index is 2.83. The van der Waals surface area contributed by atoms with Gasteiger partial charge >= 0.3 is 0 Å². The lowest BCUT2D eigenvalue weighted by molar-refractivity contribution is 1.33. The number of aromatic nitrogens is 2. The van der Waals surface area contributed by atoms with E-state index in [1.165, 1.54) is 4.90 Å². The molecule has 1 N–H and O–H groups in total. The van der Waals surface area contributed by atoms with E-state index in [9.17, 15) is 0 Å². The number of rotatable bonds is 1. The number of nitrogens with zero attached hydrogens (tertiary/aromatic N) is 1. The quantitative estimate of drug-likeness (QED) is 0.780. The zero-order chi connectivity index (χ0) is 8.55. The average molecular weight is 243 g/mol. The minimum absolute atomic E-state index is 1.04. The number of hydrogen-bond donors (Lipinski definition) is 1. The molecule has 12 heavy (non-hydrogen) atoms. The molecule has 62 valence electrons. The molecule has 1 heterocycles. The fraction of sp³-hybridized carbons (Fsp3) is 0.125. The number of nitrogens with one attached hydrogen (secondary N) is 1. The van der Waals surface area contributed by atoms with Gasteiger partial charge < -0.3 is 4.98 Å². The average Bonchev–Trinajstić information content (AvgIpc) is 2.52. The summed E-state index contributed by atoms with van der Waals surface area (Å²) in [6.07, 6.45) is 3.77. The number of imidazole rings is 1. The van der Waals surface area contributed by atoms with E-state index in [0.29, 0.717) is 0 Å². The van der Waals surface area contributed by atoms with Crippen LogP contribution in [0.5, 0.6) is 0 Å². The first-order valence-corrected chi connectivity index (χ1v) is 5.50. The highest BCUT2D eigenvalue weighted by atomic mass is 79.9. The van der Waals surface area contributed by atoms with Gasteiger partial charge in [0.2, 0.25) is 0 Å². The maximum atomic E-state index is 4.24. The SMILES string of the molecule is CSc1c(Br)ccc2[nH]cnc12. The van der Waals surface area contributed by atoms with E-state index in [1.54, 1.807) is 18.1 Å². The van der Waals surface area contributed by atoms with Crippen molar-refractivity contribution in [2.75, 3.05) is 6.26 Å². The van der Waals surface area contributed by atoms with Crippen LogP contribution in [0.2, 0.25) is 0 Å².